The first kappa shape index (κ1) is 23.2. The summed E-state index contributed by atoms with van der Waals surface area (Å²) in [6.45, 7) is 4.85. The highest BCUT2D eigenvalue weighted by Crippen LogP contribution is 2.16. The topological polar surface area (TPSA) is 49.4 Å². The van der Waals surface area contributed by atoms with Gasteiger partial charge in [0.1, 0.15) is 6.04 Å². The van der Waals surface area contributed by atoms with E-state index in [0.29, 0.717) is 23.1 Å². The van der Waals surface area contributed by atoms with Gasteiger partial charge in [-0.2, -0.15) is 0 Å². The minimum atomic E-state index is -0.577. The third kappa shape index (κ3) is 7.71. The predicted octanol–water partition coefficient (Wildman–Crippen LogP) is 5.26. The van der Waals surface area contributed by atoms with E-state index in [0.717, 1.165) is 30.4 Å². The average Bonchev–Trinajstić information content (AvgIpc) is 2.71. The maximum Gasteiger partial charge on any atom is 0.242 e. The molecule has 0 bridgehead atoms. The summed E-state index contributed by atoms with van der Waals surface area (Å²) < 4.78 is 0. The van der Waals surface area contributed by atoms with Crippen LogP contribution in [-0.4, -0.2) is 29.3 Å². The van der Waals surface area contributed by atoms with Gasteiger partial charge in [0.25, 0.3) is 0 Å². The van der Waals surface area contributed by atoms with Crippen LogP contribution in [0.2, 0.25) is 10.0 Å². The molecule has 29 heavy (non-hydrogen) atoms. The Balaban J connectivity index is 2.12. The highest BCUT2D eigenvalue weighted by molar-refractivity contribution is 6.30. The molecule has 2 aromatic carbocycles. The number of nitrogens with one attached hydrogen (secondary N) is 1. The number of amides is 2. The minimum Gasteiger partial charge on any atom is -0.354 e. The Kier molecular flexibility index (Phi) is 9.49. The Morgan fingerprint density at radius 2 is 1.48 bits per heavy atom. The van der Waals surface area contributed by atoms with Crippen LogP contribution in [0.15, 0.2) is 48.5 Å². The Labute approximate surface area is 183 Å². The summed E-state index contributed by atoms with van der Waals surface area (Å²) in [7, 11) is 0. The second kappa shape index (κ2) is 11.8. The van der Waals surface area contributed by atoms with Crippen LogP contribution in [0.1, 0.15) is 44.2 Å². The molecule has 6 heteroatoms. The first-order chi connectivity index (χ1) is 13.9. The van der Waals surface area contributed by atoms with Crippen molar-refractivity contribution in [3.05, 3.63) is 69.7 Å². The number of rotatable bonds is 10. The van der Waals surface area contributed by atoms with E-state index in [4.69, 9.17) is 23.2 Å². The lowest BCUT2D eigenvalue weighted by molar-refractivity contribution is -0.140. The molecule has 1 N–H and O–H groups in total. The molecule has 0 fully saturated rings. The van der Waals surface area contributed by atoms with Gasteiger partial charge in [-0.15, -0.1) is 0 Å². The highest BCUT2D eigenvalue weighted by atomic mass is 35.5. The lowest BCUT2D eigenvalue weighted by Gasteiger charge is -2.29. The van der Waals surface area contributed by atoms with E-state index in [1.165, 1.54) is 0 Å². The van der Waals surface area contributed by atoms with Gasteiger partial charge in [-0.05, 0) is 48.7 Å². The summed E-state index contributed by atoms with van der Waals surface area (Å²) in [5, 5.41) is 4.21. The van der Waals surface area contributed by atoms with E-state index in [-0.39, 0.29) is 18.2 Å². The lowest BCUT2D eigenvalue weighted by Crippen LogP contribution is -2.48. The zero-order chi connectivity index (χ0) is 21.2. The average molecular weight is 435 g/mol. The Morgan fingerprint density at radius 3 is 2.03 bits per heavy atom. The van der Waals surface area contributed by atoms with Crippen LogP contribution in [0.25, 0.3) is 0 Å². The van der Waals surface area contributed by atoms with Crippen molar-refractivity contribution >= 4 is 35.0 Å². The molecular weight excluding hydrogens is 407 g/mol. The van der Waals surface area contributed by atoms with E-state index in [1.54, 1.807) is 36.1 Å². The first-order valence-corrected chi connectivity index (χ1v) is 10.7. The van der Waals surface area contributed by atoms with Crippen molar-refractivity contribution in [2.45, 2.75) is 52.1 Å². The summed E-state index contributed by atoms with van der Waals surface area (Å²) in [4.78, 5) is 27.3. The number of halogens is 2. The number of hydrogen-bond donors (Lipinski definition) is 1. The van der Waals surface area contributed by atoms with Gasteiger partial charge in [-0.1, -0.05) is 67.2 Å². The zero-order valence-electron chi connectivity index (χ0n) is 17.0. The molecule has 2 rings (SSSR count). The van der Waals surface area contributed by atoms with Crippen LogP contribution >= 0.6 is 23.2 Å². The molecule has 0 aliphatic carbocycles. The molecule has 0 saturated carbocycles. The molecule has 0 aliphatic rings. The fraction of sp³-hybridized carbons (Fsp3) is 0.391. The van der Waals surface area contributed by atoms with Gasteiger partial charge in [0.15, 0.2) is 0 Å². The fourth-order valence-corrected chi connectivity index (χ4v) is 3.23. The summed E-state index contributed by atoms with van der Waals surface area (Å²) in [6, 6.07) is 13.9. The number of nitrogens with zero attached hydrogens (tertiary/aromatic N) is 1. The van der Waals surface area contributed by atoms with Gasteiger partial charge < -0.3 is 10.2 Å². The normalized spacial score (nSPS) is 11.7. The van der Waals surface area contributed by atoms with Crippen molar-refractivity contribution in [1.29, 1.82) is 0 Å². The molecule has 0 heterocycles. The van der Waals surface area contributed by atoms with Crippen molar-refractivity contribution in [2.24, 2.45) is 0 Å². The quantitative estimate of drug-likeness (QED) is 0.518. The summed E-state index contributed by atoms with van der Waals surface area (Å²) >= 11 is 11.9. The lowest BCUT2D eigenvalue weighted by atomic mass is 10.1. The van der Waals surface area contributed by atoms with E-state index in [9.17, 15) is 9.59 Å². The van der Waals surface area contributed by atoms with E-state index < -0.39 is 6.04 Å². The Hall–Kier alpha value is -2.04. The van der Waals surface area contributed by atoms with Crippen molar-refractivity contribution in [3.63, 3.8) is 0 Å². The molecule has 4 nitrogen and oxygen atoms in total. The molecule has 0 saturated heterocycles. The molecular formula is C23H28Cl2N2O2. The Bertz CT molecular complexity index is 792. The standard InChI is InChI=1S/C23H28Cl2N2O2/c1-3-4-5-14-26-23(29)17(2)27(16-19-8-12-21(25)13-9-19)22(28)15-18-6-10-20(24)11-7-18/h6-13,17H,3-5,14-16H2,1-2H3,(H,26,29). The molecule has 2 aromatic rings. The zero-order valence-corrected chi connectivity index (χ0v) is 18.5. The molecule has 2 amide bonds. The number of carbonyl (C=O) groups excluding carboxylic acids is 2. The van der Waals surface area contributed by atoms with Gasteiger partial charge in [0, 0.05) is 23.1 Å². The van der Waals surface area contributed by atoms with E-state index >= 15 is 0 Å². The monoisotopic (exact) mass is 434 g/mol. The van der Waals surface area contributed by atoms with Crippen LogP contribution in [0, 0.1) is 0 Å². The minimum absolute atomic E-state index is 0.113. The van der Waals surface area contributed by atoms with Crippen molar-refractivity contribution in [3.8, 4) is 0 Å². The van der Waals surface area contributed by atoms with Crippen LogP contribution in [-0.2, 0) is 22.6 Å². The van der Waals surface area contributed by atoms with Crippen LogP contribution in [0.3, 0.4) is 0 Å². The van der Waals surface area contributed by atoms with Crippen molar-refractivity contribution in [1.82, 2.24) is 10.2 Å². The summed E-state index contributed by atoms with van der Waals surface area (Å²) in [5.41, 5.74) is 1.78. The van der Waals surface area contributed by atoms with Crippen molar-refractivity contribution in [2.75, 3.05) is 6.54 Å². The van der Waals surface area contributed by atoms with Gasteiger partial charge in [-0.3, -0.25) is 9.59 Å². The number of unbranched alkanes of at least 4 members (excludes halogenated alkanes) is 2. The molecule has 0 spiro atoms. The SMILES string of the molecule is CCCCCNC(=O)C(C)N(Cc1ccc(Cl)cc1)C(=O)Cc1ccc(Cl)cc1. The fourth-order valence-electron chi connectivity index (χ4n) is 2.98. The smallest absolute Gasteiger partial charge is 0.242 e. The van der Waals surface area contributed by atoms with E-state index in [1.807, 2.05) is 24.3 Å². The second-order valence-electron chi connectivity index (χ2n) is 7.13. The second-order valence-corrected chi connectivity index (χ2v) is 8.00. The maximum absolute atomic E-state index is 13.1. The molecule has 0 aromatic heterocycles. The number of benzene rings is 2. The van der Waals surface area contributed by atoms with Crippen LogP contribution in [0.4, 0.5) is 0 Å². The largest absolute Gasteiger partial charge is 0.354 e. The third-order valence-electron chi connectivity index (χ3n) is 4.78. The first-order valence-electron chi connectivity index (χ1n) is 9.96. The highest BCUT2D eigenvalue weighted by Gasteiger charge is 2.26. The molecule has 1 atom stereocenters. The molecule has 1 unspecified atom stereocenters. The molecule has 0 radical (unpaired) electrons. The molecule has 0 aliphatic heterocycles. The Morgan fingerprint density at radius 1 is 0.931 bits per heavy atom. The number of hydrogen-bond acceptors (Lipinski definition) is 2. The third-order valence-corrected chi connectivity index (χ3v) is 5.29. The van der Waals surface area contributed by atoms with Gasteiger partial charge in [-0.25, -0.2) is 0 Å². The van der Waals surface area contributed by atoms with Crippen LogP contribution < -0.4 is 5.32 Å². The van der Waals surface area contributed by atoms with Gasteiger partial charge in [0.05, 0.1) is 6.42 Å². The predicted molar refractivity (Wildman–Crippen MR) is 119 cm³/mol. The summed E-state index contributed by atoms with van der Waals surface area (Å²) in [6.07, 6.45) is 3.30. The van der Waals surface area contributed by atoms with Gasteiger partial charge in [0.2, 0.25) is 11.8 Å². The number of carbonyl (C=O) groups is 2. The molecule has 156 valence electrons. The van der Waals surface area contributed by atoms with Crippen LogP contribution in [0.5, 0.6) is 0 Å². The van der Waals surface area contributed by atoms with Gasteiger partial charge >= 0.3 is 0 Å². The van der Waals surface area contributed by atoms with E-state index in [2.05, 4.69) is 12.2 Å². The summed E-state index contributed by atoms with van der Waals surface area (Å²) in [5.74, 6) is -0.252. The maximum atomic E-state index is 13.1. The van der Waals surface area contributed by atoms with Crippen molar-refractivity contribution < 1.29 is 9.59 Å².